The standard InChI is InChI=1S/C7H13N.C2H4/c1-5(2)6(3)7(4)8;1-2/h4,8H2,1-3H3;1-2H2. The van der Waals surface area contributed by atoms with Gasteiger partial charge in [0.1, 0.15) is 0 Å². The Hall–Kier alpha value is -0.980. The highest BCUT2D eigenvalue weighted by atomic mass is 14.6. The summed E-state index contributed by atoms with van der Waals surface area (Å²) in [6, 6.07) is 0. The summed E-state index contributed by atoms with van der Waals surface area (Å²) in [5.41, 5.74) is 8.39. The van der Waals surface area contributed by atoms with Crippen LogP contribution in [0.2, 0.25) is 0 Å². The minimum absolute atomic E-state index is 0.671. The molecule has 0 aliphatic carbocycles. The average molecular weight is 139 g/mol. The maximum atomic E-state index is 5.38. The quantitative estimate of drug-likeness (QED) is 0.438. The lowest BCUT2D eigenvalue weighted by Gasteiger charge is -1.99. The van der Waals surface area contributed by atoms with Crippen LogP contribution in [-0.2, 0) is 0 Å². The summed E-state index contributed by atoms with van der Waals surface area (Å²) >= 11 is 0. The first-order valence-electron chi connectivity index (χ1n) is 3.14. The van der Waals surface area contributed by atoms with Crippen molar-refractivity contribution >= 4 is 0 Å². The second kappa shape index (κ2) is 6.14. The van der Waals surface area contributed by atoms with Gasteiger partial charge in [-0.3, -0.25) is 0 Å². The minimum atomic E-state index is 0.671. The van der Waals surface area contributed by atoms with Crippen LogP contribution < -0.4 is 5.73 Å². The first-order chi connectivity index (χ1) is 4.55. The lowest BCUT2D eigenvalue weighted by molar-refractivity contribution is 1.21. The fourth-order valence-electron chi connectivity index (χ4n) is 0.321. The highest BCUT2D eigenvalue weighted by Gasteiger charge is 1.89. The van der Waals surface area contributed by atoms with Crippen molar-refractivity contribution in [3.8, 4) is 0 Å². The van der Waals surface area contributed by atoms with Crippen LogP contribution in [-0.4, -0.2) is 0 Å². The molecular weight excluding hydrogens is 122 g/mol. The van der Waals surface area contributed by atoms with Crippen LogP contribution in [0.25, 0.3) is 0 Å². The lowest BCUT2D eigenvalue weighted by atomic mass is 10.1. The number of hydrogen-bond acceptors (Lipinski definition) is 1. The Morgan fingerprint density at radius 1 is 1.10 bits per heavy atom. The zero-order chi connectivity index (χ0) is 8.73. The molecule has 0 radical (unpaired) electrons. The summed E-state index contributed by atoms with van der Waals surface area (Å²) in [6.45, 7) is 15.6. The van der Waals surface area contributed by atoms with E-state index in [1.165, 1.54) is 5.57 Å². The molecule has 0 saturated carbocycles. The highest BCUT2D eigenvalue weighted by Crippen LogP contribution is 2.05. The van der Waals surface area contributed by atoms with E-state index in [1.54, 1.807) is 0 Å². The Morgan fingerprint density at radius 2 is 1.40 bits per heavy atom. The van der Waals surface area contributed by atoms with Gasteiger partial charge >= 0.3 is 0 Å². The van der Waals surface area contributed by atoms with Gasteiger partial charge in [-0.2, -0.15) is 0 Å². The first-order valence-corrected chi connectivity index (χ1v) is 3.14. The third-order valence-electron chi connectivity index (χ3n) is 1.23. The van der Waals surface area contributed by atoms with Gasteiger partial charge in [-0.15, -0.1) is 13.2 Å². The zero-order valence-electron chi connectivity index (χ0n) is 7.20. The fourth-order valence-corrected chi connectivity index (χ4v) is 0.321. The van der Waals surface area contributed by atoms with Gasteiger partial charge in [0.2, 0.25) is 0 Å². The second-order valence-electron chi connectivity index (χ2n) is 2.15. The summed E-state index contributed by atoms with van der Waals surface area (Å²) in [4.78, 5) is 0. The zero-order valence-corrected chi connectivity index (χ0v) is 7.20. The van der Waals surface area contributed by atoms with Crippen molar-refractivity contribution in [1.29, 1.82) is 0 Å². The molecule has 0 heterocycles. The molecule has 0 aromatic rings. The van der Waals surface area contributed by atoms with Gasteiger partial charge in [-0.1, -0.05) is 12.2 Å². The number of allylic oxidation sites excluding steroid dienone is 2. The predicted octanol–water partition coefficient (Wildman–Crippen LogP) is 2.62. The third kappa shape index (κ3) is 5.16. The lowest BCUT2D eigenvalue weighted by Crippen LogP contribution is -1.96. The van der Waals surface area contributed by atoms with E-state index in [4.69, 9.17) is 5.73 Å². The summed E-state index contributed by atoms with van der Waals surface area (Å²) in [6.07, 6.45) is 0. The molecule has 2 N–H and O–H groups in total. The molecule has 0 fully saturated rings. The van der Waals surface area contributed by atoms with E-state index in [0.717, 1.165) is 5.57 Å². The minimum Gasteiger partial charge on any atom is -0.399 e. The van der Waals surface area contributed by atoms with E-state index in [-0.39, 0.29) is 0 Å². The van der Waals surface area contributed by atoms with Crippen molar-refractivity contribution in [2.75, 3.05) is 0 Å². The van der Waals surface area contributed by atoms with Gasteiger partial charge in [0.15, 0.2) is 0 Å². The molecule has 0 aliphatic heterocycles. The van der Waals surface area contributed by atoms with Crippen molar-refractivity contribution in [3.63, 3.8) is 0 Å². The Kier molecular flexibility index (Phi) is 7.23. The molecule has 0 aliphatic rings. The fraction of sp³-hybridized carbons (Fsp3) is 0.333. The Labute approximate surface area is 63.9 Å². The number of nitrogens with two attached hydrogens (primary N) is 1. The smallest absolute Gasteiger partial charge is 0.0269 e. The van der Waals surface area contributed by atoms with E-state index in [2.05, 4.69) is 19.7 Å². The van der Waals surface area contributed by atoms with Gasteiger partial charge in [-0.25, -0.2) is 0 Å². The van der Waals surface area contributed by atoms with Crippen LogP contribution >= 0.6 is 0 Å². The van der Waals surface area contributed by atoms with Crippen LogP contribution in [0.3, 0.4) is 0 Å². The van der Waals surface area contributed by atoms with E-state index in [1.807, 2.05) is 20.8 Å². The van der Waals surface area contributed by atoms with Gasteiger partial charge in [0.05, 0.1) is 0 Å². The second-order valence-corrected chi connectivity index (χ2v) is 2.15. The molecule has 1 heteroatoms. The summed E-state index contributed by atoms with van der Waals surface area (Å²) in [5, 5.41) is 0. The Morgan fingerprint density at radius 3 is 1.40 bits per heavy atom. The summed E-state index contributed by atoms with van der Waals surface area (Å²) in [7, 11) is 0. The van der Waals surface area contributed by atoms with E-state index in [9.17, 15) is 0 Å². The first kappa shape index (κ1) is 11.8. The van der Waals surface area contributed by atoms with Crippen LogP contribution in [0.1, 0.15) is 20.8 Å². The van der Waals surface area contributed by atoms with Crippen molar-refractivity contribution in [2.45, 2.75) is 20.8 Å². The maximum Gasteiger partial charge on any atom is 0.0269 e. The average Bonchev–Trinajstić information content (AvgIpc) is 1.90. The van der Waals surface area contributed by atoms with Gasteiger partial charge in [0, 0.05) is 5.70 Å². The largest absolute Gasteiger partial charge is 0.399 e. The van der Waals surface area contributed by atoms with Crippen molar-refractivity contribution in [2.24, 2.45) is 5.73 Å². The van der Waals surface area contributed by atoms with Crippen LogP contribution in [0, 0.1) is 0 Å². The normalized spacial score (nSPS) is 7.10. The molecule has 0 aromatic heterocycles. The molecule has 0 rings (SSSR count). The Balaban J connectivity index is 0. The topological polar surface area (TPSA) is 26.0 Å². The molecular formula is C9H17N. The molecule has 10 heavy (non-hydrogen) atoms. The molecule has 0 atom stereocenters. The van der Waals surface area contributed by atoms with E-state index < -0.39 is 0 Å². The van der Waals surface area contributed by atoms with Gasteiger partial charge < -0.3 is 5.73 Å². The van der Waals surface area contributed by atoms with Crippen molar-refractivity contribution in [1.82, 2.24) is 0 Å². The molecule has 0 amide bonds. The van der Waals surface area contributed by atoms with Gasteiger partial charge in [0.25, 0.3) is 0 Å². The summed E-state index contributed by atoms with van der Waals surface area (Å²) in [5.74, 6) is 0. The number of hydrogen-bond donors (Lipinski definition) is 1. The molecule has 0 aromatic carbocycles. The van der Waals surface area contributed by atoms with E-state index in [0.29, 0.717) is 5.70 Å². The van der Waals surface area contributed by atoms with Crippen LogP contribution in [0.15, 0.2) is 36.6 Å². The molecule has 0 spiro atoms. The van der Waals surface area contributed by atoms with E-state index >= 15 is 0 Å². The predicted molar refractivity (Wildman–Crippen MR) is 48.6 cm³/mol. The maximum absolute atomic E-state index is 5.38. The Bertz CT molecular complexity index is 139. The third-order valence-corrected chi connectivity index (χ3v) is 1.23. The molecule has 0 unspecified atom stereocenters. The van der Waals surface area contributed by atoms with Crippen molar-refractivity contribution < 1.29 is 0 Å². The highest BCUT2D eigenvalue weighted by molar-refractivity contribution is 5.26. The molecule has 0 bridgehead atoms. The molecule has 0 saturated heterocycles. The molecule has 1 nitrogen and oxygen atoms in total. The summed E-state index contributed by atoms with van der Waals surface area (Å²) < 4.78 is 0. The van der Waals surface area contributed by atoms with Gasteiger partial charge in [-0.05, 0) is 26.3 Å². The van der Waals surface area contributed by atoms with Crippen molar-refractivity contribution in [3.05, 3.63) is 36.6 Å². The van der Waals surface area contributed by atoms with Crippen LogP contribution in [0.5, 0.6) is 0 Å². The number of rotatable bonds is 1. The SMILES string of the molecule is C=C.C=C(N)C(C)=C(C)C. The monoisotopic (exact) mass is 139 g/mol. The molecule has 58 valence electrons. The van der Waals surface area contributed by atoms with Crippen LogP contribution in [0.4, 0.5) is 0 Å².